The van der Waals surface area contributed by atoms with E-state index in [1.54, 1.807) is 26.0 Å². The fourth-order valence-corrected chi connectivity index (χ4v) is 6.00. The van der Waals surface area contributed by atoms with Crippen molar-refractivity contribution in [3.05, 3.63) is 40.4 Å². The molecule has 5 rings (SSSR count). The average molecular weight is 627 g/mol. The van der Waals surface area contributed by atoms with Crippen LogP contribution in [0.3, 0.4) is 0 Å². The van der Waals surface area contributed by atoms with Crippen molar-refractivity contribution in [2.45, 2.75) is 82.2 Å². The van der Waals surface area contributed by atoms with E-state index in [1.165, 1.54) is 12.3 Å². The first-order valence-electron chi connectivity index (χ1n) is 14.5. The van der Waals surface area contributed by atoms with Crippen LogP contribution in [0.4, 0.5) is 5.13 Å². The SMILES string of the molecule is CC1(C)NC(=O)[C@H]1NC(=O)/C(=N\O[C@](C)(C(=O)O)[C@H]1CCc2cc(C(N)=N[C@@H]3CCCCNC3)ccc2O1)c1csc(N)n1. The number of fused-ring (bicyclic) bond motifs is 1. The Morgan fingerprint density at radius 2 is 2.09 bits per heavy atom. The van der Waals surface area contributed by atoms with E-state index in [9.17, 15) is 19.5 Å². The fraction of sp³-hybridized carbons (Fsp3) is 0.517. The highest BCUT2D eigenvalue weighted by Gasteiger charge is 2.50. The van der Waals surface area contributed by atoms with Gasteiger partial charge < -0.3 is 42.1 Å². The van der Waals surface area contributed by atoms with Crippen molar-refractivity contribution >= 4 is 45.8 Å². The number of nitrogens with one attached hydrogen (secondary N) is 3. The number of thiazole rings is 1. The second kappa shape index (κ2) is 12.4. The lowest BCUT2D eigenvalue weighted by Gasteiger charge is -2.44. The van der Waals surface area contributed by atoms with Gasteiger partial charge in [0, 0.05) is 17.5 Å². The van der Waals surface area contributed by atoms with Crippen molar-refractivity contribution < 1.29 is 29.1 Å². The number of amides is 2. The lowest BCUT2D eigenvalue weighted by atomic mass is 9.85. The van der Waals surface area contributed by atoms with E-state index in [-0.39, 0.29) is 28.5 Å². The van der Waals surface area contributed by atoms with Crippen LogP contribution < -0.4 is 32.2 Å². The molecule has 0 spiro atoms. The summed E-state index contributed by atoms with van der Waals surface area (Å²) in [4.78, 5) is 52.4. The Labute approximate surface area is 258 Å². The molecule has 3 aliphatic rings. The number of carboxylic acids is 1. The van der Waals surface area contributed by atoms with Crippen molar-refractivity contribution in [3.8, 4) is 5.75 Å². The lowest BCUT2D eigenvalue weighted by Crippen LogP contribution is -2.75. The number of nitrogens with two attached hydrogens (primary N) is 2. The molecule has 0 unspecified atom stereocenters. The minimum Gasteiger partial charge on any atom is -0.485 e. The van der Waals surface area contributed by atoms with Gasteiger partial charge in [0.1, 0.15) is 23.3 Å². The standard InChI is InChI=1S/C29H38N8O6S/c1-28(2)22(25(39)36-28)35-24(38)21(18-14-44-27(31)34-18)37-43-29(3,26(40)41)20-10-8-15-12-16(7-9-19(15)42-20)23(30)33-17-6-4-5-11-32-13-17/h7,9,12,14,17,20,22,32H,4-6,8,10-11,13H2,1-3H3,(H2,30,33)(H2,31,34)(H,35,38)(H,36,39)(H,40,41)/b37-21-/t17-,20-,22-,29+/m1/s1. The minimum atomic E-state index is -1.98. The van der Waals surface area contributed by atoms with Gasteiger partial charge >= 0.3 is 5.97 Å². The van der Waals surface area contributed by atoms with Crippen LogP contribution in [-0.4, -0.2) is 81.8 Å². The molecule has 4 heterocycles. The Morgan fingerprint density at radius 1 is 1.30 bits per heavy atom. The molecule has 4 atom stereocenters. The number of aromatic nitrogens is 1. The minimum absolute atomic E-state index is 0.0802. The molecule has 0 radical (unpaired) electrons. The number of oxime groups is 1. The summed E-state index contributed by atoms with van der Waals surface area (Å²) in [5, 5.41) is 24.6. The number of aryl methyl sites for hydroxylation is 1. The summed E-state index contributed by atoms with van der Waals surface area (Å²) in [6.07, 6.45) is 3.03. The summed E-state index contributed by atoms with van der Waals surface area (Å²) >= 11 is 1.07. The van der Waals surface area contributed by atoms with Gasteiger partial charge in [0.2, 0.25) is 5.91 Å². The maximum absolute atomic E-state index is 13.3. The van der Waals surface area contributed by atoms with Crippen LogP contribution >= 0.6 is 11.3 Å². The lowest BCUT2D eigenvalue weighted by molar-refractivity contribution is -0.178. The molecule has 0 bridgehead atoms. The summed E-state index contributed by atoms with van der Waals surface area (Å²) in [5.74, 6) is -1.51. The number of benzene rings is 1. The number of ether oxygens (including phenoxy) is 1. The molecule has 3 aliphatic heterocycles. The number of carbonyl (C=O) groups is 3. The van der Waals surface area contributed by atoms with Gasteiger partial charge in [0.15, 0.2) is 16.9 Å². The molecule has 1 aromatic carbocycles. The molecule has 44 heavy (non-hydrogen) atoms. The molecule has 2 aromatic rings. The molecule has 0 saturated carbocycles. The number of aliphatic imine (C=N–C) groups is 1. The highest BCUT2D eigenvalue weighted by atomic mass is 32.1. The maximum Gasteiger partial charge on any atom is 0.354 e. The van der Waals surface area contributed by atoms with Gasteiger partial charge in [0.05, 0.1) is 11.6 Å². The molecular formula is C29H38N8O6S. The van der Waals surface area contributed by atoms with E-state index in [4.69, 9.17) is 26.0 Å². The Hall–Kier alpha value is -4.24. The van der Waals surface area contributed by atoms with E-state index in [0.717, 1.165) is 54.8 Å². The Bertz CT molecular complexity index is 1500. The highest BCUT2D eigenvalue weighted by Crippen LogP contribution is 2.34. The van der Waals surface area contributed by atoms with Gasteiger partial charge in [-0.3, -0.25) is 14.6 Å². The summed E-state index contributed by atoms with van der Waals surface area (Å²) in [5.41, 5.74) is 10.9. The van der Waals surface area contributed by atoms with E-state index in [1.807, 2.05) is 6.07 Å². The van der Waals surface area contributed by atoms with Crippen LogP contribution in [0, 0.1) is 0 Å². The second-order valence-electron chi connectivity index (χ2n) is 12.0. The molecule has 2 amide bonds. The largest absolute Gasteiger partial charge is 0.485 e. The maximum atomic E-state index is 13.3. The summed E-state index contributed by atoms with van der Waals surface area (Å²) in [6.45, 7) is 6.63. The number of hydrogen-bond acceptors (Lipinski definition) is 11. The van der Waals surface area contributed by atoms with Crippen LogP contribution in [0.5, 0.6) is 5.75 Å². The number of nitrogens with zero attached hydrogens (tertiary/aromatic N) is 3. The Kier molecular flexibility index (Phi) is 8.79. The summed E-state index contributed by atoms with van der Waals surface area (Å²) in [6, 6.07) is 4.76. The number of carboxylic acid groups (broad SMARTS) is 1. The number of rotatable bonds is 9. The van der Waals surface area contributed by atoms with Crippen molar-refractivity contribution in [1.29, 1.82) is 0 Å². The number of nitrogen functional groups attached to an aromatic ring is 1. The normalized spacial score (nSPS) is 24.8. The molecule has 2 fully saturated rings. The van der Waals surface area contributed by atoms with Gasteiger partial charge in [-0.15, -0.1) is 11.3 Å². The fourth-order valence-electron chi connectivity index (χ4n) is 5.45. The molecule has 14 nitrogen and oxygen atoms in total. The number of anilines is 1. The van der Waals surface area contributed by atoms with Crippen LogP contribution in [0.1, 0.15) is 63.3 Å². The zero-order valence-corrected chi connectivity index (χ0v) is 25.7. The average Bonchev–Trinajstić information content (AvgIpc) is 3.24. The quantitative estimate of drug-likeness (QED) is 0.100. The van der Waals surface area contributed by atoms with Crippen molar-refractivity contribution in [2.24, 2.45) is 15.9 Å². The van der Waals surface area contributed by atoms with Gasteiger partial charge in [0.25, 0.3) is 11.5 Å². The monoisotopic (exact) mass is 626 g/mol. The number of carbonyl (C=O) groups excluding carboxylic acids is 2. The van der Waals surface area contributed by atoms with E-state index >= 15 is 0 Å². The summed E-state index contributed by atoms with van der Waals surface area (Å²) in [7, 11) is 0. The third-order valence-electron chi connectivity index (χ3n) is 8.19. The molecule has 0 aliphatic carbocycles. The van der Waals surface area contributed by atoms with Crippen LogP contribution in [0.25, 0.3) is 0 Å². The topological polar surface area (TPSA) is 216 Å². The number of hydrogen-bond donors (Lipinski definition) is 6. The first kappa shape index (κ1) is 31.2. The number of β-lactam (4-membered cyclic amide) rings is 1. The zero-order valence-electron chi connectivity index (χ0n) is 24.9. The molecule has 15 heteroatoms. The number of amidine groups is 1. The van der Waals surface area contributed by atoms with E-state index in [2.05, 4.69) is 26.1 Å². The zero-order chi connectivity index (χ0) is 31.6. The third kappa shape index (κ3) is 6.48. The van der Waals surface area contributed by atoms with Gasteiger partial charge in [-0.2, -0.15) is 0 Å². The summed E-state index contributed by atoms with van der Waals surface area (Å²) < 4.78 is 6.14. The van der Waals surface area contributed by atoms with Crippen molar-refractivity contribution in [2.75, 3.05) is 18.8 Å². The predicted molar refractivity (Wildman–Crippen MR) is 165 cm³/mol. The van der Waals surface area contributed by atoms with Gasteiger partial charge in [-0.05, 0) is 76.8 Å². The Morgan fingerprint density at radius 3 is 2.77 bits per heavy atom. The Balaban J connectivity index is 1.34. The van der Waals surface area contributed by atoms with E-state index < -0.39 is 35.2 Å². The van der Waals surface area contributed by atoms with Crippen molar-refractivity contribution in [3.63, 3.8) is 0 Å². The molecule has 236 valence electrons. The third-order valence-corrected chi connectivity index (χ3v) is 8.87. The van der Waals surface area contributed by atoms with Gasteiger partial charge in [-0.1, -0.05) is 11.6 Å². The van der Waals surface area contributed by atoms with Crippen molar-refractivity contribution in [1.82, 2.24) is 20.9 Å². The first-order valence-corrected chi connectivity index (χ1v) is 15.4. The van der Waals surface area contributed by atoms with Crippen LogP contribution in [0.15, 0.2) is 33.7 Å². The molecule has 2 saturated heterocycles. The van der Waals surface area contributed by atoms with Crippen LogP contribution in [-0.2, 0) is 25.6 Å². The molecular weight excluding hydrogens is 588 g/mol. The van der Waals surface area contributed by atoms with E-state index in [0.29, 0.717) is 24.4 Å². The van der Waals surface area contributed by atoms with Gasteiger partial charge in [-0.25, -0.2) is 9.78 Å². The first-order chi connectivity index (χ1) is 20.9. The predicted octanol–water partition coefficient (Wildman–Crippen LogP) is 0.924. The highest BCUT2D eigenvalue weighted by molar-refractivity contribution is 7.13. The molecule has 8 N–H and O–H groups in total. The number of aliphatic carboxylic acids is 1. The smallest absolute Gasteiger partial charge is 0.354 e. The molecule has 1 aromatic heterocycles. The van der Waals surface area contributed by atoms with Crippen LogP contribution in [0.2, 0.25) is 0 Å². The second-order valence-corrected chi connectivity index (χ2v) is 12.9.